The van der Waals surface area contributed by atoms with Gasteiger partial charge in [0.25, 0.3) is 0 Å². The zero-order valence-electron chi connectivity index (χ0n) is 12.6. The molecule has 2 rings (SSSR count). The maximum absolute atomic E-state index is 5.76. The van der Waals surface area contributed by atoms with E-state index in [4.69, 9.17) is 10.5 Å². The van der Waals surface area contributed by atoms with Crippen LogP contribution in [-0.4, -0.2) is 18.2 Å². The van der Waals surface area contributed by atoms with Gasteiger partial charge in [-0.2, -0.15) is 0 Å². The molecule has 0 aliphatic carbocycles. The normalized spacial score (nSPS) is 12.1. The van der Waals surface area contributed by atoms with E-state index in [2.05, 4.69) is 50.7 Å². The van der Waals surface area contributed by atoms with Gasteiger partial charge in [0, 0.05) is 18.6 Å². The molecule has 0 saturated heterocycles. The molecule has 2 aromatic rings. The van der Waals surface area contributed by atoms with Crippen LogP contribution in [0.5, 0.6) is 5.75 Å². The van der Waals surface area contributed by atoms with E-state index in [0.717, 1.165) is 12.2 Å². The summed E-state index contributed by atoms with van der Waals surface area (Å²) in [5.74, 6) is 0.918. The Kier molecular flexibility index (Phi) is 3.59. The van der Waals surface area contributed by atoms with Crippen molar-refractivity contribution >= 4 is 10.9 Å². The first-order valence-electron chi connectivity index (χ1n) is 6.75. The van der Waals surface area contributed by atoms with Crippen LogP contribution >= 0.6 is 0 Å². The van der Waals surface area contributed by atoms with Crippen molar-refractivity contribution in [1.29, 1.82) is 0 Å². The number of aromatic nitrogens is 1. The molecule has 0 saturated carbocycles. The van der Waals surface area contributed by atoms with Gasteiger partial charge < -0.3 is 15.0 Å². The zero-order valence-corrected chi connectivity index (χ0v) is 12.6. The van der Waals surface area contributed by atoms with Crippen molar-refractivity contribution in [2.24, 2.45) is 12.8 Å². The molecule has 0 atom stereocenters. The first-order valence-corrected chi connectivity index (χ1v) is 6.75. The van der Waals surface area contributed by atoms with Gasteiger partial charge in [0.1, 0.15) is 5.75 Å². The molecule has 0 amide bonds. The molecule has 104 valence electrons. The first-order chi connectivity index (χ1) is 8.90. The molecule has 1 heterocycles. The summed E-state index contributed by atoms with van der Waals surface area (Å²) in [5.41, 5.74) is 9.70. The van der Waals surface area contributed by atoms with E-state index in [1.807, 2.05) is 0 Å². The van der Waals surface area contributed by atoms with E-state index in [1.165, 1.54) is 22.0 Å². The zero-order chi connectivity index (χ0) is 14.2. The van der Waals surface area contributed by atoms with Crippen LogP contribution in [0.3, 0.4) is 0 Å². The molecule has 0 radical (unpaired) electrons. The third kappa shape index (κ3) is 2.35. The van der Waals surface area contributed by atoms with E-state index in [9.17, 15) is 0 Å². The minimum atomic E-state index is 0.0765. The predicted octanol–water partition coefficient (Wildman–Crippen LogP) is 3.12. The molecule has 0 aliphatic heterocycles. The summed E-state index contributed by atoms with van der Waals surface area (Å²) >= 11 is 0. The SMILES string of the molecule is COc1cc(C)c2c(c1)c(C(C)(C)CCN)cn2C. The van der Waals surface area contributed by atoms with Gasteiger partial charge in [-0.1, -0.05) is 13.8 Å². The minimum Gasteiger partial charge on any atom is -0.497 e. The van der Waals surface area contributed by atoms with Crippen LogP contribution in [-0.2, 0) is 12.5 Å². The van der Waals surface area contributed by atoms with Gasteiger partial charge in [0.2, 0.25) is 0 Å². The molecule has 3 heteroatoms. The second kappa shape index (κ2) is 4.89. The smallest absolute Gasteiger partial charge is 0.119 e. The highest BCUT2D eigenvalue weighted by Crippen LogP contribution is 2.37. The second-order valence-electron chi connectivity index (χ2n) is 5.92. The summed E-state index contributed by atoms with van der Waals surface area (Å²) < 4.78 is 7.61. The third-order valence-electron chi connectivity index (χ3n) is 3.97. The van der Waals surface area contributed by atoms with Crippen LogP contribution in [0.1, 0.15) is 31.4 Å². The molecule has 0 fully saturated rings. The lowest BCUT2D eigenvalue weighted by atomic mass is 9.81. The highest BCUT2D eigenvalue weighted by atomic mass is 16.5. The number of rotatable bonds is 4. The van der Waals surface area contributed by atoms with Gasteiger partial charge in [-0.3, -0.25) is 0 Å². The van der Waals surface area contributed by atoms with Gasteiger partial charge in [-0.25, -0.2) is 0 Å². The molecule has 2 N–H and O–H groups in total. The summed E-state index contributed by atoms with van der Waals surface area (Å²) in [6.07, 6.45) is 3.20. The van der Waals surface area contributed by atoms with Crippen LogP contribution in [0.25, 0.3) is 10.9 Å². The lowest BCUT2D eigenvalue weighted by Crippen LogP contribution is -2.21. The molecule has 1 aromatic carbocycles. The second-order valence-corrected chi connectivity index (χ2v) is 5.92. The van der Waals surface area contributed by atoms with Crippen LogP contribution < -0.4 is 10.5 Å². The lowest BCUT2D eigenvalue weighted by Gasteiger charge is -2.23. The Hall–Kier alpha value is -1.48. The highest BCUT2D eigenvalue weighted by Gasteiger charge is 2.25. The van der Waals surface area contributed by atoms with Gasteiger partial charge in [0.15, 0.2) is 0 Å². The topological polar surface area (TPSA) is 40.2 Å². The fourth-order valence-electron chi connectivity index (χ4n) is 2.90. The maximum atomic E-state index is 5.76. The van der Waals surface area contributed by atoms with Gasteiger partial charge in [0.05, 0.1) is 12.6 Å². The summed E-state index contributed by atoms with van der Waals surface area (Å²) in [6, 6.07) is 4.22. The van der Waals surface area contributed by atoms with E-state index < -0.39 is 0 Å². The van der Waals surface area contributed by atoms with Crippen molar-refractivity contribution in [1.82, 2.24) is 4.57 Å². The number of fused-ring (bicyclic) bond motifs is 1. The van der Waals surface area contributed by atoms with E-state index >= 15 is 0 Å². The Morgan fingerprint density at radius 2 is 2.00 bits per heavy atom. The van der Waals surface area contributed by atoms with Crippen molar-refractivity contribution in [3.8, 4) is 5.75 Å². The average Bonchev–Trinajstić information content (AvgIpc) is 2.67. The average molecular weight is 260 g/mol. The van der Waals surface area contributed by atoms with Crippen molar-refractivity contribution in [2.75, 3.05) is 13.7 Å². The summed E-state index contributed by atoms with van der Waals surface area (Å²) in [6.45, 7) is 7.34. The number of nitrogens with zero attached hydrogens (tertiary/aromatic N) is 1. The molecular formula is C16H24N2O. The Balaban J connectivity index is 2.72. The molecule has 0 unspecified atom stereocenters. The number of aryl methyl sites for hydroxylation is 2. The van der Waals surface area contributed by atoms with Crippen LogP contribution in [0.2, 0.25) is 0 Å². The molecule has 0 spiro atoms. The van der Waals surface area contributed by atoms with E-state index in [0.29, 0.717) is 6.54 Å². The number of benzene rings is 1. The van der Waals surface area contributed by atoms with Gasteiger partial charge in [-0.05, 0) is 48.6 Å². The standard InChI is InChI=1S/C16H24N2O/c1-11-8-12(19-5)9-13-14(10-18(4)15(11)13)16(2,3)6-7-17/h8-10H,6-7,17H2,1-5H3. The Labute approximate surface area is 115 Å². The molecular weight excluding hydrogens is 236 g/mol. The van der Waals surface area contributed by atoms with Gasteiger partial charge in [-0.15, -0.1) is 0 Å². The summed E-state index contributed by atoms with van der Waals surface area (Å²) in [4.78, 5) is 0. The Morgan fingerprint density at radius 3 is 2.58 bits per heavy atom. The third-order valence-corrected chi connectivity index (χ3v) is 3.97. The van der Waals surface area contributed by atoms with Crippen molar-refractivity contribution in [3.63, 3.8) is 0 Å². The van der Waals surface area contributed by atoms with Crippen molar-refractivity contribution in [2.45, 2.75) is 32.6 Å². The van der Waals surface area contributed by atoms with E-state index in [-0.39, 0.29) is 5.41 Å². The fourth-order valence-corrected chi connectivity index (χ4v) is 2.90. The lowest BCUT2D eigenvalue weighted by molar-refractivity contribution is 0.415. The van der Waals surface area contributed by atoms with Gasteiger partial charge >= 0.3 is 0 Å². The van der Waals surface area contributed by atoms with Crippen molar-refractivity contribution < 1.29 is 4.74 Å². The molecule has 19 heavy (non-hydrogen) atoms. The molecule has 0 aliphatic rings. The molecule has 1 aromatic heterocycles. The Bertz CT molecular complexity index is 596. The van der Waals surface area contributed by atoms with Crippen LogP contribution in [0, 0.1) is 6.92 Å². The van der Waals surface area contributed by atoms with Crippen LogP contribution in [0.4, 0.5) is 0 Å². The van der Waals surface area contributed by atoms with Crippen molar-refractivity contribution in [3.05, 3.63) is 29.5 Å². The summed E-state index contributed by atoms with van der Waals surface area (Å²) in [5, 5.41) is 1.28. The Morgan fingerprint density at radius 1 is 1.32 bits per heavy atom. The van der Waals surface area contributed by atoms with E-state index in [1.54, 1.807) is 7.11 Å². The maximum Gasteiger partial charge on any atom is 0.119 e. The largest absolute Gasteiger partial charge is 0.497 e. The number of nitrogens with two attached hydrogens (primary N) is 1. The monoisotopic (exact) mass is 260 g/mol. The number of hydrogen-bond acceptors (Lipinski definition) is 2. The number of ether oxygens (including phenoxy) is 1. The molecule has 3 nitrogen and oxygen atoms in total. The fraction of sp³-hybridized carbons (Fsp3) is 0.500. The summed E-state index contributed by atoms with van der Waals surface area (Å²) in [7, 11) is 3.82. The minimum absolute atomic E-state index is 0.0765. The highest BCUT2D eigenvalue weighted by molar-refractivity contribution is 5.89. The molecule has 0 bridgehead atoms. The quantitative estimate of drug-likeness (QED) is 0.917. The van der Waals surface area contributed by atoms with Crippen LogP contribution in [0.15, 0.2) is 18.3 Å². The first kappa shape index (κ1) is 13.9. The number of methoxy groups -OCH3 is 1. The predicted molar refractivity (Wildman–Crippen MR) is 80.9 cm³/mol. The number of hydrogen-bond donors (Lipinski definition) is 1.